The van der Waals surface area contributed by atoms with Gasteiger partial charge in [0, 0.05) is 30.7 Å². The third-order valence-electron chi connectivity index (χ3n) is 8.59. The quantitative estimate of drug-likeness (QED) is 0.111. The smallest absolute Gasteiger partial charge is 0.408 e. The number of amides is 3. The van der Waals surface area contributed by atoms with Crippen molar-refractivity contribution in [2.24, 2.45) is 5.92 Å². The van der Waals surface area contributed by atoms with Gasteiger partial charge in [-0.3, -0.25) is 4.79 Å². The predicted molar refractivity (Wildman–Crippen MR) is 198 cm³/mol. The lowest BCUT2D eigenvalue weighted by molar-refractivity contribution is -0.125. The van der Waals surface area contributed by atoms with Crippen LogP contribution in [0.2, 0.25) is 0 Å². The van der Waals surface area contributed by atoms with Gasteiger partial charge in [0.05, 0.1) is 22.7 Å². The number of anilines is 1. The largest absolute Gasteiger partial charge is 0.444 e. The minimum Gasteiger partial charge on any atom is -0.444 e. The second kappa shape index (κ2) is 19.2. The fraction of sp³-hybridized carbons (Fsp3) is 0.432. The molecule has 0 bridgehead atoms. The number of carbonyl (C=O) groups is 3. The van der Waals surface area contributed by atoms with Crippen molar-refractivity contribution in [3.8, 4) is 0 Å². The number of aliphatic hydroxyl groups excluding tert-OH is 1. The molecule has 51 heavy (non-hydrogen) atoms. The minimum atomic E-state index is -1.06. The highest BCUT2D eigenvalue weighted by Gasteiger charge is 2.30. The normalized spacial score (nSPS) is 15.1. The van der Waals surface area contributed by atoms with Gasteiger partial charge in [-0.2, -0.15) is 0 Å². The van der Waals surface area contributed by atoms with E-state index in [1.807, 2.05) is 79.9 Å². The maximum absolute atomic E-state index is 13.8. The molecular weight excluding hydrogens is 689 g/mol. The maximum atomic E-state index is 13.8. The molecule has 1 aliphatic heterocycles. The van der Waals surface area contributed by atoms with E-state index in [2.05, 4.69) is 30.2 Å². The van der Waals surface area contributed by atoms with Crippen LogP contribution < -0.4 is 20.9 Å². The zero-order chi connectivity index (χ0) is 36.0. The number of nitrogens with zero attached hydrogens (tertiary/aromatic N) is 3. The number of carbonyl (C=O) groups excluding carboxylic acids is 3. The van der Waals surface area contributed by atoms with Crippen molar-refractivity contribution in [2.75, 3.05) is 18.0 Å². The Bertz CT molecular complexity index is 1650. The third kappa shape index (κ3) is 12.0. The molecule has 3 heterocycles. The number of aromatic nitrogens is 2. The van der Waals surface area contributed by atoms with Crippen LogP contribution >= 0.6 is 22.9 Å². The van der Waals surface area contributed by atoms with E-state index < -0.39 is 42.3 Å². The van der Waals surface area contributed by atoms with Crippen molar-refractivity contribution in [3.63, 3.8) is 0 Å². The summed E-state index contributed by atoms with van der Waals surface area (Å²) >= 11 is 2.77. The fourth-order valence-electron chi connectivity index (χ4n) is 5.90. The summed E-state index contributed by atoms with van der Waals surface area (Å²) in [6.45, 7) is 5.69. The first-order chi connectivity index (χ1) is 24.7. The number of hydrogen-bond acceptors (Lipinski definition) is 11. The number of benzene rings is 2. The molecule has 2 aromatic carbocycles. The molecule has 0 radical (unpaired) electrons. The topological polar surface area (TPSA) is 155 Å². The van der Waals surface area contributed by atoms with Gasteiger partial charge in [0.15, 0.2) is 5.13 Å². The molecule has 14 heteroatoms. The predicted octanol–water partition coefficient (Wildman–Crippen LogP) is 5.47. The van der Waals surface area contributed by atoms with Gasteiger partial charge in [0.2, 0.25) is 5.91 Å². The number of hydrogen-bond donors (Lipinski definition) is 4. The summed E-state index contributed by atoms with van der Waals surface area (Å²) in [6, 6.07) is 18.8. The van der Waals surface area contributed by atoms with E-state index >= 15 is 0 Å². The van der Waals surface area contributed by atoms with Crippen molar-refractivity contribution in [1.82, 2.24) is 25.3 Å². The number of ether oxygens (including phenoxy) is 2. The second-order valence-corrected chi connectivity index (χ2v) is 14.7. The molecule has 1 fully saturated rings. The van der Waals surface area contributed by atoms with Crippen molar-refractivity contribution >= 4 is 46.1 Å². The molecule has 0 spiro atoms. The van der Waals surface area contributed by atoms with Crippen LogP contribution in [0.3, 0.4) is 0 Å². The van der Waals surface area contributed by atoms with Crippen LogP contribution in [-0.2, 0) is 40.3 Å². The highest BCUT2D eigenvalue weighted by molar-refractivity contribution is 7.13. The Hall–Kier alpha value is -4.53. The first-order valence-electron chi connectivity index (χ1n) is 17.2. The lowest BCUT2D eigenvalue weighted by Gasteiger charge is -2.30. The SMILES string of the molecule is CC(C)[C@H](NC(=O)OCc1csc(N2CCCC2)n1)C(=O)N[C@@H](Cc1ccccc1)C[C@H](O)[C@H](Cc1ccccc1)NC(=O)OCc1ccns1. The maximum Gasteiger partial charge on any atom is 0.408 e. The summed E-state index contributed by atoms with van der Waals surface area (Å²) in [6.07, 6.45) is 2.35. The molecule has 1 aliphatic rings. The monoisotopic (exact) mass is 734 g/mol. The number of rotatable bonds is 17. The van der Waals surface area contributed by atoms with Crippen molar-refractivity contribution in [1.29, 1.82) is 0 Å². The van der Waals surface area contributed by atoms with E-state index in [1.165, 1.54) is 22.9 Å². The first-order valence-corrected chi connectivity index (χ1v) is 18.9. The van der Waals surface area contributed by atoms with Crippen molar-refractivity contribution in [3.05, 3.63) is 100 Å². The van der Waals surface area contributed by atoms with E-state index in [0.717, 1.165) is 47.1 Å². The van der Waals surface area contributed by atoms with Gasteiger partial charge < -0.3 is 35.4 Å². The van der Waals surface area contributed by atoms with Crippen LogP contribution in [0.1, 0.15) is 54.8 Å². The Morgan fingerprint density at radius 3 is 2.16 bits per heavy atom. The summed E-state index contributed by atoms with van der Waals surface area (Å²) in [5.41, 5.74) is 2.53. The van der Waals surface area contributed by atoms with E-state index in [-0.39, 0.29) is 25.6 Å². The second-order valence-electron chi connectivity index (χ2n) is 13.0. The Labute approximate surface area is 306 Å². The average Bonchev–Trinajstić information content (AvgIpc) is 3.93. The van der Waals surface area contributed by atoms with Crippen molar-refractivity contribution in [2.45, 2.75) is 83.4 Å². The van der Waals surface area contributed by atoms with Gasteiger partial charge in [0.25, 0.3) is 0 Å². The fourth-order valence-corrected chi connectivity index (χ4v) is 7.25. The van der Waals surface area contributed by atoms with Gasteiger partial charge >= 0.3 is 12.2 Å². The average molecular weight is 735 g/mol. The molecule has 2 aromatic heterocycles. The molecule has 272 valence electrons. The van der Waals surface area contributed by atoms with E-state index in [1.54, 1.807) is 12.3 Å². The molecule has 4 N–H and O–H groups in total. The molecule has 4 aromatic rings. The molecule has 12 nitrogen and oxygen atoms in total. The molecule has 5 rings (SSSR count). The summed E-state index contributed by atoms with van der Waals surface area (Å²) in [5, 5.41) is 23.1. The van der Waals surface area contributed by atoms with Gasteiger partial charge in [-0.1, -0.05) is 74.5 Å². The van der Waals surface area contributed by atoms with Crippen LogP contribution in [0.5, 0.6) is 0 Å². The Balaban J connectivity index is 1.23. The van der Waals surface area contributed by atoms with Crippen LogP contribution in [0.25, 0.3) is 0 Å². The lowest BCUT2D eigenvalue weighted by atomic mass is 9.93. The van der Waals surface area contributed by atoms with Crippen LogP contribution in [0.15, 0.2) is 78.3 Å². The summed E-state index contributed by atoms with van der Waals surface area (Å²) in [5.74, 6) is -0.668. The first kappa shape index (κ1) is 37.7. The molecule has 4 atom stereocenters. The highest BCUT2D eigenvalue weighted by Crippen LogP contribution is 2.24. The molecule has 0 aliphatic carbocycles. The summed E-state index contributed by atoms with van der Waals surface area (Å²) < 4.78 is 14.9. The minimum absolute atomic E-state index is 0.00607. The van der Waals surface area contributed by atoms with E-state index in [9.17, 15) is 19.5 Å². The zero-order valence-electron chi connectivity index (χ0n) is 28.9. The van der Waals surface area contributed by atoms with Gasteiger partial charge in [-0.15, -0.1) is 11.3 Å². The molecule has 1 saturated heterocycles. The van der Waals surface area contributed by atoms with Crippen molar-refractivity contribution < 1.29 is 29.0 Å². The van der Waals surface area contributed by atoms with Gasteiger partial charge in [0.1, 0.15) is 19.3 Å². The summed E-state index contributed by atoms with van der Waals surface area (Å²) in [7, 11) is 0. The van der Waals surface area contributed by atoms with Crippen LogP contribution in [0.4, 0.5) is 14.7 Å². The Kier molecular flexibility index (Phi) is 14.2. The summed E-state index contributed by atoms with van der Waals surface area (Å²) in [4.78, 5) is 47.2. The van der Waals surface area contributed by atoms with E-state index in [0.29, 0.717) is 18.5 Å². The highest BCUT2D eigenvalue weighted by atomic mass is 32.1. The Morgan fingerprint density at radius 2 is 1.51 bits per heavy atom. The Morgan fingerprint density at radius 1 is 0.863 bits per heavy atom. The standard InChI is InChI=1S/C37H46N6O6S2/c1-25(2)33(42-37(47)48-22-29-24-50-35(40-29)43-17-9-10-18-43)34(45)39-28(19-26-11-5-3-6-12-26)21-32(44)31(20-27-13-7-4-8-14-27)41-36(46)49-23-30-15-16-38-51-30/h3-8,11-16,24-25,28,31-33,44H,9-10,17-23H2,1-2H3,(H,39,45)(H,41,46)(H,42,47)/t28-,31-,32-,33-/m0/s1. The van der Waals surface area contributed by atoms with E-state index in [4.69, 9.17) is 9.47 Å². The lowest BCUT2D eigenvalue weighted by Crippen LogP contribution is -2.54. The van der Waals surface area contributed by atoms with Crippen LogP contribution in [-0.4, -0.2) is 69.9 Å². The molecule has 0 unspecified atom stereocenters. The van der Waals surface area contributed by atoms with Crippen LogP contribution in [0, 0.1) is 5.92 Å². The zero-order valence-corrected chi connectivity index (χ0v) is 30.5. The van der Waals surface area contributed by atoms with Gasteiger partial charge in [-0.05, 0) is 66.7 Å². The van der Waals surface area contributed by atoms with Gasteiger partial charge in [-0.25, -0.2) is 18.9 Å². The molecule has 0 saturated carbocycles. The molecular formula is C37H46N6O6S2. The third-order valence-corrected chi connectivity index (χ3v) is 10.3. The molecule has 3 amide bonds. The number of thiazole rings is 1. The number of aliphatic hydroxyl groups is 1. The number of alkyl carbamates (subject to hydrolysis) is 2. The number of nitrogens with one attached hydrogen (secondary N) is 3.